The lowest BCUT2D eigenvalue weighted by molar-refractivity contribution is 0.0705. The van der Waals surface area contributed by atoms with Crippen LogP contribution in [0, 0.1) is 0 Å². The molecule has 2 aromatic carbocycles. The maximum absolute atomic E-state index is 12.8. The molecule has 1 aliphatic heterocycles. The van der Waals surface area contributed by atoms with Gasteiger partial charge < -0.3 is 9.16 Å². The zero-order valence-electron chi connectivity index (χ0n) is 18.3. The van der Waals surface area contributed by atoms with Crippen LogP contribution in [0.3, 0.4) is 0 Å². The maximum Gasteiger partial charge on any atom is 0.265 e. The van der Waals surface area contributed by atoms with Gasteiger partial charge in [0, 0.05) is 0 Å². The lowest BCUT2D eigenvalue weighted by Crippen LogP contribution is -2.41. The second kappa shape index (κ2) is 8.58. The molecule has 3 rings (SSSR count). The van der Waals surface area contributed by atoms with Gasteiger partial charge in [-0.3, -0.25) is 9.59 Å². The first-order valence-electron chi connectivity index (χ1n) is 10.1. The number of nitrogens with zero attached hydrogens (tertiary/aromatic N) is 1. The van der Waals surface area contributed by atoms with E-state index in [9.17, 15) is 9.59 Å². The first kappa shape index (κ1) is 22.0. The number of benzene rings is 2. The van der Waals surface area contributed by atoms with E-state index in [0.717, 1.165) is 10.5 Å². The Morgan fingerprint density at radius 3 is 2.00 bits per heavy atom. The van der Waals surface area contributed by atoms with Gasteiger partial charge in [-0.2, -0.15) is 0 Å². The number of hydrogen-bond donors (Lipinski definition) is 0. The van der Waals surface area contributed by atoms with Crippen molar-refractivity contribution in [1.29, 1.82) is 0 Å². The summed E-state index contributed by atoms with van der Waals surface area (Å²) in [6.07, 6.45) is 1.51. The number of fused-ring (bicyclic) bond motifs is 1. The fraction of sp³-hybridized carbons (Fsp3) is 0.333. The summed E-state index contributed by atoms with van der Waals surface area (Å²) in [6.45, 7) is 11.3. The van der Waals surface area contributed by atoms with Crippen molar-refractivity contribution < 1.29 is 18.8 Å². The maximum atomic E-state index is 12.8. The second-order valence-electron chi connectivity index (χ2n) is 8.96. The standard InChI is InChI=1S/C24H29NO4Si/c1-24(2,3)30(4,5)29-19(17-28-16-18-11-7-6-8-12-18)15-25-22(26)20-13-9-10-14-21(20)23(25)27/h6-15H,16-17H2,1-5H3/b19-15-. The Hall–Kier alpha value is -2.70. The number of carbonyl (C=O) groups excluding carboxylic acids is 2. The Bertz CT molecular complexity index is 926. The van der Waals surface area contributed by atoms with Crippen molar-refractivity contribution in [2.24, 2.45) is 0 Å². The van der Waals surface area contributed by atoms with E-state index in [1.165, 1.54) is 6.20 Å². The predicted octanol–water partition coefficient (Wildman–Crippen LogP) is 5.36. The molecule has 2 amide bonds. The number of carbonyl (C=O) groups is 2. The predicted molar refractivity (Wildman–Crippen MR) is 119 cm³/mol. The monoisotopic (exact) mass is 423 g/mol. The first-order chi connectivity index (χ1) is 14.1. The van der Waals surface area contributed by atoms with Crippen molar-refractivity contribution in [1.82, 2.24) is 4.90 Å². The van der Waals surface area contributed by atoms with Gasteiger partial charge in [0.2, 0.25) is 8.32 Å². The van der Waals surface area contributed by atoms with Gasteiger partial charge in [0.25, 0.3) is 11.8 Å². The average molecular weight is 424 g/mol. The minimum Gasteiger partial charge on any atom is -0.544 e. The molecule has 2 aromatic rings. The van der Waals surface area contributed by atoms with E-state index in [0.29, 0.717) is 23.5 Å². The van der Waals surface area contributed by atoms with Gasteiger partial charge in [-0.1, -0.05) is 63.2 Å². The number of imide groups is 1. The van der Waals surface area contributed by atoms with Crippen LogP contribution in [0.25, 0.3) is 0 Å². The highest BCUT2D eigenvalue weighted by Crippen LogP contribution is 2.38. The van der Waals surface area contributed by atoms with Crippen molar-refractivity contribution >= 4 is 20.1 Å². The number of amides is 2. The quantitative estimate of drug-likeness (QED) is 0.342. The van der Waals surface area contributed by atoms with Crippen molar-refractivity contribution in [3.63, 3.8) is 0 Å². The van der Waals surface area contributed by atoms with Crippen molar-refractivity contribution in [3.8, 4) is 0 Å². The van der Waals surface area contributed by atoms with Crippen LogP contribution in [0.4, 0.5) is 0 Å². The third-order valence-corrected chi connectivity index (χ3v) is 10.0. The molecule has 30 heavy (non-hydrogen) atoms. The Morgan fingerprint density at radius 1 is 0.933 bits per heavy atom. The number of rotatable bonds is 7. The van der Waals surface area contributed by atoms with Crippen LogP contribution >= 0.6 is 0 Å². The molecule has 1 aliphatic rings. The smallest absolute Gasteiger partial charge is 0.265 e. The van der Waals surface area contributed by atoms with Crippen molar-refractivity contribution in [2.75, 3.05) is 6.61 Å². The van der Waals surface area contributed by atoms with Crippen LogP contribution in [0.15, 0.2) is 66.6 Å². The fourth-order valence-corrected chi connectivity index (χ4v) is 3.96. The highest BCUT2D eigenvalue weighted by molar-refractivity contribution is 6.74. The summed E-state index contributed by atoms with van der Waals surface area (Å²) in [4.78, 5) is 26.7. The van der Waals surface area contributed by atoms with Crippen LogP contribution in [0.5, 0.6) is 0 Å². The normalized spacial score (nSPS) is 14.8. The minimum atomic E-state index is -2.19. The zero-order chi connectivity index (χ0) is 21.9. The Labute approximate surface area is 179 Å². The highest BCUT2D eigenvalue weighted by Gasteiger charge is 2.40. The molecule has 158 valence electrons. The van der Waals surface area contributed by atoms with Crippen LogP contribution in [0.1, 0.15) is 47.1 Å². The fourth-order valence-electron chi connectivity index (χ4n) is 2.89. The zero-order valence-corrected chi connectivity index (χ0v) is 19.3. The van der Waals surface area contributed by atoms with Crippen LogP contribution < -0.4 is 0 Å². The van der Waals surface area contributed by atoms with E-state index in [2.05, 4.69) is 33.9 Å². The molecular weight excluding hydrogens is 394 g/mol. The molecule has 0 aliphatic carbocycles. The average Bonchev–Trinajstić information content (AvgIpc) is 2.93. The molecule has 0 unspecified atom stereocenters. The van der Waals surface area contributed by atoms with E-state index in [-0.39, 0.29) is 23.5 Å². The largest absolute Gasteiger partial charge is 0.544 e. The molecule has 0 spiro atoms. The Kier molecular flexibility index (Phi) is 6.29. The van der Waals surface area contributed by atoms with E-state index >= 15 is 0 Å². The van der Waals surface area contributed by atoms with Crippen molar-refractivity contribution in [3.05, 3.63) is 83.2 Å². The molecule has 0 bridgehead atoms. The molecule has 0 aromatic heterocycles. The molecule has 0 N–H and O–H groups in total. The summed E-state index contributed by atoms with van der Waals surface area (Å²) in [6, 6.07) is 16.7. The van der Waals surface area contributed by atoms with Gasteiger partial charge in [0.1, 0.15) is 12.4 Å². The highest BCUT2D eigenvalue weighted by atomic mass is 28.4. The Balaban J connectivity index is 1.83. The van der Waals surface area contributed by atoms with Gasteiger partial charge in [0.15, 0.2) is 0 Å². The second-order valence-corrected chi connectivity index (χ2v) is 13.7. The molecule has 0 fully saturated rings. The first-order valence-corrected chi connectivity index (χ1v) is 13.0. The van der Waals surface area contributed by atoms with Gasteiger partial charge in [-0.25, -0.2) is 4.90 Å². The molecule has 5 nitrogen and oxygen atoms in total. The van der Waals surface area contributed by atoms with E-state index < -0.39 is 8.32 Å². The lowest BCUT2D eigenvalue weighted by atomic mass is 10.1. The molecule has 6 heteroatoms. The van der Waals surface area contributed by atoms with Crippen LogP contribution in [0.2, 0.25) is 18.1 Å². The van der Waals surface area contributed by atoms with E-state index in [1.54, 1.807) is 24.3 Å². The van der Waals surface area contributed by atoms with Gasteiger partial charge in [-0.05, 0) is 35.8 Å². The third-order valence-electron chi connectivity index (χ3n) is 5.65. The molecular formula is C24H29NO4Si. The molecule has 0 atom stereocenters. The summed E-state index contributed by atoms with van der Waals surface area (Å²) in [7, 11) is -2.19. The molecule has 0 saturated heterocycles. The third kappa shape index (κ3) is 4.71. The summed E-state index contributed by atoms with van der Waals surface area (Å²) in [5, 5.41) is -0.0342. The van der Waals surface area contributed by atoms with E-state index in [4.69, 9.17) is 9.16 Å². The Morgan fingerprint density at radius 2 is 1.47 bits per heavy atom. The number of hydrogen-bond acceptors (Lipinski definition) is 4. The summed E-state index contributed by atoms with van der Waals surface area (Å²) < 4.78 is 12.3. The molecule has 0 radical (unpaired) electrons. The SMILES string of the molecule is CC(C)(C)[Si](C)(C)O/C(=C\N1C(=O)c2ccccc2C1=O)COCc1ccccc1. The topological polar surface area (TPSA) is 55.8 Å². The minimum absolute atomic E-state index is 0.0342. The lowest BCUT2D eigenvalue weighted by Gasteiger charge is -2.37. The number of ether oxygens (including phenoxy) is 1. The molecule has 0 saturated carbocycles. The van der Waals surface area contributed by atoms with Crippen LogP contribution in [-0.2, 0) is 15.8 Å². The van der Waals surface area contributed by atoms with Gasteiger partial charge in [-0.15, -0.1) is 0 Å². The summed E-state index contributed by atoms with van der Waals surface area (Å²) in [5.41, 5.74) is 1.87. The van der Waals surface area contributed by atoms with Gasteiger partial charge in [0.05, 0.1) is 23.9 Å². The summed E-state index contributed by atoms with van der Waals surface area (Å²) in [5.74, 6) is -0.183. The van der Waals surface area contributed by atoms with Crippen LogP contribution in [-0.4, -0.2) is 31.6 Å². The summed E-state index contributed by atoms with van der Waals surface area (Å²) >= 11 is 0. The van der Waals surface area contributed by atoms with Crippen molar-refractivity contribution in [2.45, 2.75) is 45.5 Å². The van der Waals surface area contributed by atoms with Gasteiger partial charge >= 0.3 is 0 Å². The molecule has 1 heterocycles. The van der Waals surface area contributed by atoms with E-state index in [1.807, 2.05) is 30.3 Å².